The third-order valence-corrected chi connectivity index (χ3v) is 5.59. The van der Waals surface area contributed by atoms with Crippen molar-refractivity contribution in [1.82, 2.24) is 5.32 Å². The van der Waals surface area contributed by atoms with Gasteiger partial charge in [-0.2, -0.15) is 13.2 Å². The molecule has 0 radical (unpaired) electrons. The van der Waals surface area contributed by atoms with Gasteiger partial charge in [0.15, 0.2) is 6.61 Å². The number of amides is 2. The minimum absolute atomic E-state index is 0. The van der Waals surface area contributed by atoms with E-state index in [0.29, 0.717) is 0 Å². The minimum Gasteiger partial charge on any atom is -0.620 e. The molecule has 38 heavy (non-hydrogen) atoms. The summed E-state index contributed by atoms with van der Waals surface area (Å²) < 4.78 is 57.7. The van der Waals surface area contributed by atoms with Crippen LogP contribution in [0.2, 0.25) is 10.0 Å². The van der Waals surface area contributed by atoms with Crippen LogP contribution in [0.5, 0.6) is 5.75 Å². The molecule has 3 rings (SSSR count). The summed E-state index contributed by atoms with van der Waals surface area (Å²) in [4.78, 5) is 25.0. The van der Waals surface area contributed by atoms with Gasteiger partial charge in [0, 0.05) is 49.5 Å². The number of ether oxygens (including phenoxy) is 1. The SMILES string of the molecule is C[C@H](CO)NC(=O)c1ccc(Cl)c(-c2ccc([N-]C(=O)c3c(F)cccc3Cl)c(OCC(F)(F)F)c2)c1.[Cd]. The molecule has 0 aliphatic rings. The Kier molecular flexibility index (Phi) is 11.4. The topological polar surface area (TPSA) is 89.7 Å². The maximum atomic E-state index is 14.1. The summed E-state index contributed by atoms with van der Waals surface area (Å²) in [5.74, 6) is -3.02. The van der Waals surface area contributed by atoms with E-state index in [4.69, 9.17) is 33.0 Å². The number of carbonyl (C=O) groups excluding carboxylic acids is 2. The molecule has 0 unspecified atom stereocenters. The van der Waals surface area contributed by atoms with Gasteiger partial charge in [-0.05, 0) is 48.9 Å². The Hall–Kier alpha value is -2.42. The van der Waals surface area contributed by atoms with Gasteiger partial charge in [-0.25, -0.2) is 4.39 Å². The number of hydrogen-bond donors (Lipinski definition) is 2. The van der Waals surface area contributed by atoms with Gasteiger partial charge in [0.25, 0.3) is 5.91 Å². The Balaban J connectivity index is 0.00000507. The summed E-state index contributed by atoms with van der Waals surface area (Å²) in [7, 11) is 0. The van der Waals surface area contributed by atoms with E-state index in [1.807, 2.05) is 0 Å². The normalized spacial score (nSPS) is 11.8. The first-order valence-electron chi connectivity index (χ1n) is 10.6. The van der Waals surface area contributed by atoms with Crippen LogP contribution in [-0.2, 0) is 27.3 Å². The molecule has 0 saturated heterocycles. The van der Waals surface area contributed by atoms with Crippen LogP contribution in [0.25, 0.3) is 16.4 Å². The standard InChI is InChI=1S/C25H20Cl2F4N2O4.Cd/c1-13(11-34)32-23(35)15-5-7-17(26)16(9-15)14-6-8-20(21(10-14)37-12-25(29,30)31)33-24(36)22-18(27)3-2-4-19(22)28;/h2-10,13,34H,11-12H2,1H3,(H2,32,33,35,36);/p-1/t13-;/m1./s1. The van der Waals surface area contributed by atoms with Crippen molar-refractivity contribution in [3.63, 3.8) is 0 Å². The molecular weight excluding hydrogens is 652 g/mol. The summed E-state index contributed by atoms with van der Waals surface area (Å²) in [5, 5.41) is 15.4. The Morgan fingerprint density at radius 1 is 1.08 bits per heavy atom. The molecule has 198 valence electrons. The average molecular weight is 671 g/mol. The molecule has 0 aromatic heterocycles. The molecule has 3 aromatic rings. The maximum Gasteiger partial charge on any atom is 0.422 e. The second kappa shape index (κ2) is 13.6. The van der Waals surface area contributed by atoms with E-state index in [1.54, 1.807) is 6.92 Å². The fraction of sp³-hybridized carbons (Fsp3) is 0.200. The quantitative estimate of drug-likeness (QED) is 0.207. The molecule has 13 heteroatoms. The van der Waals surface area contributed by atoms with Gasteiger partial charge < -0.3 is 25.3 Å². The summed E-state index contributed by atoms with van der Waals surface area (Å²) in [6.45, 7) is -0.381. The number of alkyl halides is 3. The van der Waals surface area contributed by atoms with Gasteiger partial charge in [0.1, 0.15) is 11.6 Å². The average Bonchev–Trinajstić information content (AvgIpc) is 2.83. The third-order valence-electron chi connectivity index (χ3n) is 4.94. The molecule has 0 heterocycles. The van der Waals surface area contributed by atoms with E-state index >= 15 is 0 Å². The van der Waals surface area contributed by atoms with Crippen molar-refractivity contribution in [3.05, 3.63) is 86.9 Å². The molecule has 0 saturated carbocycles. The Morgan fingerprint density at radius 3 is 2.42 bits per heavy atom. The number of rotatable bonds is 8. The second-order valence-corrected chi connectivity index (χ2v) is 8.67. The predicted octanol–water partition coefficient (Wildman–Crippen LogP) is 6.69. The molecule has 6 nitrogen and oxygen atoms in total. The number of hydrogen-bond acceptors (Lipinski definition) is 4. The fourth-order valence-electron chi connectivity index (χ4n) is 3.16. The van der Waals surface area contributed by atoms with Gasteiger partial charge >= 0.3 is 6.18 Å². The van der Waals surface area contributed by atoms with Crippen molar-refractivity contribution in [1.29, 1.82) is 0 Å². The van der Waals surface area contributed by atoms with E-state index in [0.717, 1.165) is 6.07 Å². The number of benzene rings is 3. The van der Waals surface area contributed by atoms with Crippen LogP contribution in [-0.4, -0.2) is 42.4 Å². The maximum absolute atomic E-state index is 14.1. The monoisotopic (exact) mass is 671 g/mol. The molecular formula is C25H19CdCl2F4N2O4-. The summed E-state index contributed by atoms with van der Waals surface area (Å²) in [6, 6.07) is 11.1. The molecule has 0 bridgehead atoms. The fourth-order valence-corrected chi connectivity index (χ4v) is 3.63. The summed E-state index contributed by atoms with van der Waals surface area (Å²) >= 11 is 12.2. The zero-order valence-electron chi connectivity index (χ0n) is 19.8. The first-order valence-corrected chi connectivity index (χ1v) is 11.4. The molecule has 0 aliphatic carbocycles. The van der Waals surface area contributed by atoms with Crippen LogP contribution in [0, 0.1) is 5.82 Å². The van der Waals surface area contributed by atoms with Crippen molar-refractivity contribution in [2.24, 2.45) is 0 Å². The first kappa shape index (κ1) is 31.8. The zero-order chi connectivity index (χ0) is 27.3. The number of aliphatic hydroxyl groups excluding tert-OH is 1. The van der Waals surface area contributed by atoms with Gasteiger partial charge in [-0.15, -0.1) is 0 Å². The number of nitrogens with zero attached hydrogens (tertiary/aromatic N) is 1. The van der Waals surface area contributed by atoms with Gasteiger partial charge in [0.2, 0.25) is 0 Å². The number of nitrogens with one attached hydrogen (secondary N) is 1. The Bertz CT molecular complexity index is 1300. The van der Waals surface area contributed by atoms with Gasteiger partial charge in [-0.3, -0.25) is 4.79 Å². The van der Waals surface area contributed by atoms with Crippen molar-refractivity contribution < 1.29 is 64.3 Å². The van der Waals surface area contributed by atoms with Crippen LogP contribution >= 0.6 is 23.2 Å². The Labute approximate surface area is 245 Å². The smallest absolute Gasteiger partial charge is 0.422 e. The first-order chi connectivity index (χ1) is 17.4. The van der Waals surface area contributed by atoms with Crippen molar-refractivity contribution in [3.8, 4) is 16.9 Å². The number of aliphatic hydroxyl groups is 1. The van der Waals surface area contributed by atoms with Crippen LogP contribution in [0.1, 0.15) is 27.6 Å². The van der Waals surface area contributed by atoms with Crippen LogP contribution in [0.3, 0.4) is 0 Å². The number of halogens is 6. The van der Waals surface area contributed by atoms with Crippen LogP contribution < -0.4 is 10.1 Å². The van der Waals surface area contributed by atoms with E-state index < -0.39 is 47.8 Å². The largest absolute Gasteiger partial charge is 0.620 e. The van der Waals surface area contributed by atoms with E-state index in [-0.39, 0.29) is 66.3 Å². The van der Waals surface area contributed by atoms with Crippen LogP contribution in [0.4, 0.5) is 23.2 Å². The van der Waals surface area contributed by atoms with E-state index in [1.165, 1.54) is 48.5 Å². The molecule has 1 atom stereocenters. The van der Waals surface area contributed by atoms with Gasteiger partial charge in [-0.1, -0.05) is 47.1 Å². The Morgan fingerprint density at radius 2 is 1.79 bits per heavy atom. The second-order valence-electron chi connectivity index (χ2n) is 7.85. The van der Waals surface area contributed by atoms with E-state index in [9.17, 15) is 27.2 Å². The van der Waals surface area contributed by atoms with Crippen molar-refractivity contribution >= 4 is 40.7 Å². The molecule has 2 amide bonds. The van der Waals surface area contributed by atoms with E-state index in [2.05, 4.69) is 10.6 Å². The molecule has 0 fully saturated rings. The molecule has 0 spiro atoms. The predicted molar refractivity (Wildman–Crippen MR) is 131 cm³/mol. The molecule has 3 aromatic carbocycles. The summed E-state index contributed by atoms with van der Waals surface area (Å²) in [6.07, 6.45) is -4.70. The minimum atomic E-state index is -4.70. The number of carbonyl (C=O) groups is 2. The van der Waals surface area contributed by atoms with Crippen molar-refractivity contribution in [2.45, 2.75) is 19.1 Å². The molecule has 2 N–H and O–H groups in total. The van der Waals surface area contributed by atoms with Gasteiger partial charge in [0.05, 0.1) is 23.1 Å². The zero-order valence-corrected chi connectivity index (χ0v) is 25.3. The summed E-state index contributed by atoms with van der Waals surface area (Å²) in [5.41, 5.74) is -0.149. The van der Waals surface area contributed by atoms with Crippen molar-refractivity contribution in [2.75, 3.05) is 13.2 Å². The third kappa shape index (κ3) is 8.29. The van der Waals surface area contributed by atoms with Crippen LogP contribution in [0.15, 0.2) is 54.6 Å². The molecule has 0 aliphatic heterocycles.